The van der Waals surface area contributed by atoms with Crippen molar-refractivity contribution in [2.75, 3.05) is 20.1 Å². The predicted molar refractivity (Wildman–Crippen MR) is 131 cm³/mol. The first-order valence-corrected chi connectivity index (χ1v) is 12.2. The van der Waals surface area contributed by atoms with Gasteiger partial charge in [-0.2, -0.15) is 5.10 Å². The Balaban J connectivity index is 1.53. The molecule has 2 aliphatic rings. The standard InChI is InChI=1S/C25H25N5O2S/c1-14(15-7-10-29(2)11-8-15)30-19-6-4-3-5-17(19)22(28-30)21-20(23(31)27-24(21)32)18-13-26-25-16(18)9-12-33-25/h3-6,9,12-15,26H,7-8,10-11H2,1-2H3,(H,27,31,32). The summed E-state index contributed by atoms with van der Waals surface area (Å²) in [6.07, 6.45) is 4.05. The second-order valence-corrected chi connectivity index (χ2v) is 10.0. The van der Waals surface area contributed by atoms with Crippen molar-refractivity contribution < 1.29 is 9.59 Å². The molecule has 4 aromatic rings. The van der Waals surface area contributed by atoms with Crippen molar-refractivity contribution in [1.29, 1.82) is 0 Å². The fourth-order valence-corrected chi connectivity index (χ4v) is 6.06. The number of imide groups is 1. The molecule has 2 N–H and O–H groups in total. The summed E-state index contributed by atoms with van der Waals surface area (Å²) in [5.74, 6) is -0.244. The summed E-state index contributed by atoms with van der Waals surface area (Å²) in [5, 5.41) is 11.3. The van der Waals surface area contributed by atoms with Gasteiger partial charge in [0.2, 0.25) is 0 Å². The third kappa shape index (κ3) is 3.16. The summed E-state index contributed by atoms with van der Waals surface area (Å²) in [7, 11) is 2.16. The Bertz CT molecular complexity index is 1430. The van der Waals surface area contributed by atoms with Crippen molar-refractivity contribution in [2.45, 2.75) is 25.8 Å². The van der Waals surface area contributed by atoms with E-state index in [1.54, 1.807) is 11.3 Å². The van der Waals surface area contributed by atoms with E-state index in [9.17, 15) is 9.59 Å². The first kappa shape index (κ1) is 20.4. The molecule has 3 aromatic heterocycles. The molecule has 1 atom stereocenters. The lowest BCUT2D eigenvalue weighted by molar-refractivity contribution is -0.122. The number of nitrogens with one attached hydrogen (secondary N) is 2. The molecule has 0 bridgehead atoms. The number of carbonyl (C=O) groups is 2. The molecule has 0 aliphatic carbocycles. The summed E-state index contributed by atoms with van der Waals surface area (Å²) in [5.41, 5.74) is 3.07. The lowest BCUT2D eigenvalue weighted by atomic mass is 9.90. The van der Waals surface area contributed by atoms with Crippen molar-refractivity contribution >= 4 is 55.4 Å². The monoisotopic (exact) mass is 459 g/mol. The van der Waals surface area contributed by atoms with Gasteiger partial charge in [0.1, 0.15) is 10.5 Å². The number of H-pyrrole nitrogens is 1. The zero-order chi connectivity index (χ0) is 22.7. The molecule has 2 amide bonds. The Kier molecular flexibility index (Phi) is 4.74. The number of carbonyl (C=O) groups excluding carboxylic acids is 2. The lowest BCUT2D eigenvalue weighted by Crippen LogP contribution is -2.33. The third-order valence-electron chi connectivity index (χ3n) is 7.19. The third-order valence-corrected chi connectivity index (χ3v) is 8.03. The van der Waals surface area contributed by atoms with Gasteiger partial charge in [-0.1, -0.05) is 18.2 Å². The fraction of sp³-hybridized carbons (Fsp3) is 0.320. The number of rotatable bonds is 4. The van der Waals surface area contributed by atoms with E-state index in [2.05, 4.69) is 39.9 Å². The van der Waals surface area contributed by atoms with Crippen LogP contribution in [0.1, 0.15) is 37.1 Å². The van der Waals surface area contributed by atoms with Crippen LogP contribution in [-0.4, -0.2) is 51.6 Å². The summed E-state index contributed by atoms with van der Waals surface area (Å²) < 4.78 is 2.07. The van der Waals surface area contributed by atoms with Crippen LogP contribution in [0, 0.1) is 5.92 Å². The van der Waals surface area contributed by atoms with Gasteiger partial charge in [0.05, 0.1) is 22.7 Å². The fourth-order valence-electron chi connectivity index (χ4n) is 5.29. The lowest BCUT2D eigenvalue weighted by Gasteiger charge is -2.33. The highest BCUT2D eigenvalue weighted by Crippen LogP contribution is 2.39. The van der Waals surface area contributed by atoms with E-state index in [-0.39, 0.29) is 17.9 Å². The van der Waals surface area contributed by atoms with E-state index in [0.29, 0.717) is 22.8 Å². The number of para-hydroxylation sites is 1. The van der Waals surface area contributed by atoms with Gasteiger partial charge in [-0.15, -0.1) is 11.3 Å². The smallest absolute Gasteiger partial charge is 0.261 e. The second-order valence-electron chi connectivity index (χ2n) is 9.09. The van der Waals surface area contributed by atoms with Gasteiger partial charge in [-0.3, -0.25) is 19.6 Å². The minimum absolute atomic E-state index is 0.192. The number of likely N-dealkylation sites (tertiary alicyclic amines) is 1. The number of aromatic nitrogens is 3. The van der Waals surface area contributed by atoms with Crippen molar-refractivity contribution in [3.8, 4) is 0 Å². The number of hydrogen-bond donors (Lipinski definition) is 2. The minimum Gasteiger partial charge on any atom is -0.352 e. The van der Waals surface area contributed by atoms with Gasteiger partial charge < -0.3 is 9.88 Å². The van der Waals surface area contributed by atoms with E-state index in [1.165, 1.54) is 0 Å². The highest BCUT2D eigenvalue weighted by atomic mass is 32.1. The Morgan fingerprint density at radius 3 is 2.64 bits per heavy atom. The number of nitrogens with zero attached hydrogens (tertiary/aromatic N) is 3. The zero-order valence-corrected chi connectivity index (χ0v) is 19.4. The first-order valence-electron chi connectivity index (χ1n) is 11.3. The molecule has 6 rings (SSSR count). The maximum atomic E-state index is 13.1. The molecule has 2 aliphatic heterocycles. The SMILES string of the molecule is CC(C1CCN(C)CC1)n1nc(C2=C(c3c[nH]c4sccc34)C(=O)NC2=O)c2ccccc21. The number of aromatic amines is 1. The van der Waals surface area contributed by atoms with Crippen LogP contribution in [0.15, 0.2) is 41.9 Å². The zero-order valence-electron chi connectivity index (χ0n) is 18.6. The van der Waals surface area contributed by atoms with E-state index < -0.39 is 0 Å². The van der Waals surface area contributed by atoms with Gasteiger partial charge in [-0.25, -0.2) is 0 Å². The van der Waals surface area contributed by atoms with Gasteiger partial charge in [0, 0.05) is 22.5 Å². The molecule has 1 unspecified atom stereocenters. The van der Waals surface area contributed by atoms with Gasteiger partial charge in [0.15, 0.2) is 0 Å². The molecule has 0 spiro atoms. The molecule has 5 heterocycles. The Morgan fingerprint density at radius 1 is 1.06 bits per heavy atom. The van der Waals surface area contributed by atoms with Crippen LogP contribution in [0.2, 0.25) is 0 Å². The van der Waals surface area contributed by atoms with Crippen LogP contribution < -0.4 is 5.32 Å². The molecular formula is C25H25N5O2S. The van der Waals surface area contributed by atoms with Crippen LogP contribution in [0.4, 0.5) is 0 Å². The molecule has 1 aromatic carbocycles. The molecule has 33 heavy (non-hydrogen) atoms. The number of thiophene rings is 1. The van der Waals surface area contributed by atoms with Crippen molar-refractivity contribution in [2.24, 2.45) is 5.92 Å². The molecule has 7 nitrogen and oxygen atoms in total. The Hall–Kier alpha value is -3.23. The van der Waals surface area contributed by atoms with E-state index >= 15 is 0 Å². The van der Waals surface area contributed by atoms with E-state index in [4.69, 9.17) is 5.10 Å². The van der Waals surface area contributed by atoms with Crippen LogP contribution in [-0.2, 0) is 9.59 Å². The number of amides is 2. The largest absolute Gasteiger partial charge is 0.352 e. The van der Waals surface area contributed by atoms with Crippen LogP contribution >= 0.6 is 11.3 Å². The highest BCUT2D eigenvalue weighted by molar-refractivity contribution is 7.16. The maximum Gasteiger partial charge on any atom is 0.261 e. The quantitative estimate of drug-likeness (QED) is 0.451. The topological polar surface area (TPSA) is 83.0 Å². The minimum atomic E-state index is -0.387. The highest BCUT2D eigenvalue weighted by Gasteiger charge is 2.37. The van der Waals surface area contributed by atoms with Gasteiger partial charge in [0.25, 0.3) is 11.8 Å². The maximum absolute atomic E-state index is 13.1. The van der Waals surface area contributed by atoms with Gasteiger partial charge >= 0.3 is 0 Å². The molecule has 1 fully saturated rings. The molecule has 0 radical (unpaired) electrons. The first-order chi connectivity index (χ1) is 16.0. The van der Waals surface area contributed by atoms with Crippen molar-refractivity contribution in [3.63, 3.8) is 0 Å². The predicted octanol–water partition coefficient (Wildman–Crippen LogP) is 4.05. The molecular weight excluding hydrogens is 434 g/mol. The Labute approximate surface area is 195 Å². The van der Waals surface area contributed by atoms with Crippen molar-refractivity contribution in [1.82, 2.24) is 25.0 Å². The molecule has 8 heteroatoms. The van der Waals surface area contributed by atoms with Crippen molar-refractivity contribution in [3.05, 3.63) is 53.2 Å². The molecule has 168 valence electrons. The average molecular weight is 460 g/mol. The van der Waals surface area contributed by atoms with Crippen LogP contribution in [0.25, 0.3) is 32.3 Å². The normalized spacial score (nSPS) is 19.2. The van der Waals surface area contributed by atoms with E-state index in [0.717, 1.165) is 52.6 Å². The Morgan fingerprint density at radius 2 is 1.82 bits per heavy atom. The average Bonchev–Trinajstić information content (AvgIpc) is 3.56. The van der Waals surface area contributed by atoms with Crippen LogP contribution in [0.3, 0.4) is 0 Å². The number of piperidine rings is 1. The van der Waals surface area contributed by atoms with E-state index in [1.807, 2.05) is 35.8 Å². The summed E-state index contributed by atoms with van der Waals surface area (Å²) >= 11 is 1.57. The summed E-state index contributed by atoms with van der Waals surface area (Å²) in [6.45, 7) is 4.38. The molecule has 1 saturated heterocycles. The van der Waals surface area contributed by atoms with Gasteiger partial charge in [-0.05, 0) is 63.3 Å². The summed E-state index contributed by atoms with van der Waals surface area (Å²) in [4.78, 5) is 32.6. The number of hydrogen-bond acceptors (Lipinski definition) is 5. The number of fused-ring (bicyclic) bond motifs is 2. The summed E-state index contributed by atoms with van der Waals surface area (Å²) in [6, 6.07) is 10.2. The number of benzene rings is 1. The molecule has 0 saturated carbocycles. The second kappa shape index (κ2) is 7.67. The van der Waals surface area contributed by atoms with Crippen LogP contribution in [0.5, 0.6) is 0 Å².